The van der Waals surface area contributed by atoms with Crippen LogP contribution in [0.25, 0.3) is 22.2 Å². The van der Waals surface area contributed by atoms with Crippen LogP contribution in [0.1, 0.15) is 26.2 Å². The number of pyridine rings is 1. The molecule has 5 rings (SSSR count). The van der Waals surface area contributed by atoms with Gasteiger partial charge in [0.2, 0.25) is 10.0 Å². The van der Waals surface area contributed by atoms with Crippen molar-refractivity contribution in [1.29, 1.82) is 5.26 Å². The average molecular weight is 396 g/mol. The van der Waals surface area contributed by atoms with Crippen molar-refractivity contribution < 1.29 is 8.42 Å². The first-order chi connectivity index (χ1) is 13.4. The van der Waals surface area contributed by atoms with Crippen LogP contribution in [0, 0.1) is 11.3 Å². The summed E-state index contributed by atoms with van der Waals surface area (Å²) in [4.78, 5) is 7.40. The number of nitriles is 1. The molecule has 8 nitrogen and oxygen atoms in total. The Balaban J connectivity index is 1.47. The largest absolute Gasteiger partial charge is 0.346 e. The molecule has 28 heavy (non-hydrogen) atoms. The monoisotopic (exact) mass is 396 g/mol. The van der Waals surface area contributed by atoms with Crippen LogP contribution in [0.5, 0.6) is 0 Å². The van der Waals surface area contributed by atoms with Gasteiger partial charge in [0.15, 0.2) is 0 Å². The van der Waals surface area contributed by atoms with Gasteiger partial charge < -0.3 is 4.98 Å². The minimum atomic E-state index is -3.32. The Labute approximate surface area is 162 Å². The van der Waals surface area contributed by atoms with E-state index in [1.54, 1.807) is 24.0 Å². The molecule has 0 atom stereocenters. The fourth-order valence-corrected chi connectivity index (χ4v) is 6.01. The number of sulfonamides is 1. The first kappa shape index (κ1) is 17.4. The molecule has 0 unspecified atom stereocenters. The molecule has 1 saturated carbocycles. The van der Waals surface area contributed by atoms with Crippen molar-refractivity contribution in [2.75, 3.05) is 13.1 Å². The summed E-state index contributed by atoms with van der Waals surface area (Å²) in [5.74, 6) is 0. The Hall–Kier alpha value is -2.70. The lowest BCUT2D eigenvalue weighted by atomic mass is 9.89. The lowest BCUT2D eigenvalue weighted by molar-refractivity contribution is 0.0707. The number of fused-ring (bicyclic) bond motifs is 1. The molecular weight excluding hydrogens is 376 g/mol. The van der Waals surface area contributed by atoms with Gasteiger partial charge in [-0.05, 0) is 37.5 Å². The standard InChI is InChI=1S/C19H20N6O2S/c1-18(4-5-18)28(26,27)24-12-19(13-24,6-7-20)25-11-14(10-23-25)15-2-8-21-17-16(15)3-9-22-17/h2-3,8-11H,4-6,12-13H2,1H3,(H,21,22). The van der Waals surface area contributed by atoms with Crippen LogP contribution in [0.4, 0.5) is 0 Å². The number of rotatable bonds is 5. The summed E-state index contributed by atoms with van der Waals surface area (Å²) in [6, 6.07) is 6.11. The number of nitrogens with zero attached hydrogens (tertiary/aromatic N) is 5. The summed E-state index contributed by atoms with van der Waals surface area (Å²) in [5, 5.41) is 14.9. The molecule has 1 aliphatic heterocycles. The third-order valence-electron chi connectivity index (χ3n) is 6.11. The predicted octanol–water partition coefficient (Wildman–Crippen LogP) is 2.23. The van der Waals surface area contributed by atoms with Crippen molar-refractivity contribution in [1.82, 2.24) is 24.1 Å². The summed E-state index contributed by atoms with van der Waals surface area (Å²) in [6.45, 7) is 2.37. The Morgan fingerprint density at radius 1 is 1.32 bits per heavy atom. The van der Waals surface area contributed by atoms with Gasteiger partial charge in [0.1, 0.15) is 11.2 Å². The van der Waals surface area contributed by atoms with E-state index in [0.717, 1.165) is 22.2 Å². The highest BCUT2D eigenvalue weighted by Gasteiger charge is 2.59. The zero-order valence-corrected chi connectivity index (χ0v) is 16.3. The second-order valence-electron chi connectivity index (χ2n) is 8.05. The van der Waals surface area contributed by atoms with E-state index in [1.165, 1.54) is 4.31 Å². The van der Waals surface area contributed by atoms with E-state index in [2.05, 4.69) is 21.1 Å². The Morgan fingerprint density at radius 2 is 2.11 bits per heavy atom. The number of H-pyrrole nitrogens is 1. The molecule has 0 amide bonds. The van der Waals surface area contributed by atoms with Crippen molar-refractivity contribution in [3.05, 3.63) is 36.9 Å². The van der Waals surface area contributed by atoms with Gasteiger partial charge in [-0.25, -0.2) is 13.4 Å². The average Bonchev–Trinajstić information content (AvgIpc) is 3.08. The molecule has 0 spiro atoms. The lowest BCUT2D eigenvalue weighted by Crippen LogP contribution is -2.65. The van der Waals surface area contributed by atoms with E-state index < -0.39 is 20.3 Å². The molecule has 0 bridgehead atoms. The van der Waals surface area contributed by atoms with Crippen LogP contribution in [-0.4, -0.2) is 50.3 Å². The summed E-state index contributed by atoms with van der Waals surface area (Å²) in [5.41, 5.74) is 2.10. The van der Waals surface area contributed by atoms with Gasteiger partial charge in [-0.2, -0.15) is 14.7 Å². The number of nitrogens with one attached hydrogen (secondary N) is 1. The van der Waals surface area contributed by atoms with Crippen LogP contribution in [0.15, 0.2) is 36.9 Å². The number of aromatic nitrogens is 4. The number of aromatic amines is 1. The van der Waals surface area contributed by atoms with E-state index in [4.69, 9.17) is 0 Å². The van der Waals surface area contributed by atoms with E-state index in [1.807, 2.05) is 24.5 Å². The summed E-state index contributed by atoms with van der Waals surface area (Å²) >= 11 is 0. The molecule has 3 aromatic rings. The van der Waals surface area contributed by atoms with Gasteiger partial charge in [-0.1, -0.05) is 0 Å². The molecule has 0 aromatic carbocycles. The van der Waals surface area contributed by atoms with Gasteiger partial charge >= 0.3 is 0 Å². The molecular formula is C19H20N6O2S. The van der Waals surface area contributed by atoms with E-state index in [-0.39, 0.29) is 19.5 Å². The molecule has 1 N–H and O–H groups in total. The second-order valence-corrected chi connectivity index (χ2v) is 10.5. The fraction of sp³-hybridized carbons (Fsp3) is 0.421. The highest BCUT2D eigenvalue weighted by Crippen LogP contribution is 2.48. The van der Waals surface area contributed by atoms with Crippen molar-refractivity contribution in [3.8, 4) is 17.2 Å². The number of hydrogen-bond donors (Lipinski definition) is 1. The quantitative estimate of drug-likeness (QED) is 0.711. The van der Waals surface area contributed by atoms with Gasteiger partial charge in [0, 0.05) is 42.6 Å². The van der Waals surface area contributed by atoms with Gasteiger partial charge in [0.25, 0.3) is 0 Å². The normalized spacial score (nSPS) is 20.6. The molecule has 1 saturated heterocycles. The predicted molar refractivity (Wildman–Crippen MR) is 104 cm³/mol. The topological polar surface area (TPSA) is 108 Å². The maximum absolute atomic E-state index is 12.8. The van der Waals surface area contributed by atoms with Crippen LogP contribution >= 0.6 is 0 Å². The van der Waals surface area contributed by atoms with E-state index in [0.29, 0.717) is 12.8 Å². The van der Waals surface area contributed by atoms with Crippen LogP contribution < -0.4 is 0 Å². The molecule has 2 aliphatic rings. The van der Waals surface area contributed by atoms with Crippen LogP contribution in [0.2, 0.25) is 0 Å². The second kappa shape index (κ2) is 5.65. The van der Waals surface area contributed by atoms with Gasteiger partial charge in [-0.15, -0.1) is 0 Å². The Bertz CT molecular complexity index is 1210. The smallest absolute Gasteiger partial charge is 0.219 e. The zero-order chi connectivity index (χ0) is 19.6. The molecule has 144 valence electrons. The summed E-state index contributed by atoms with van der Waals surface area (Å²) < 4.78 is 28.2. The third-order valence-corrected chi connectivity index (χ3v) is 8.70. The molecule has 2 fully saturated rings. The maximum Gasteiger partial charge on any atom is 0.219 e. The maximum atomic E-state index is 12.8. The SMILES string of the molecule is CC1(S(=O)(=O)N2CC(CC#N)(n3cc(-c4ccnc5[nH]ccc45)cn3)C2)CC1. The minimum absolute atomic E-state index is 0.215. The Kier molecular flexibility index (Phi) is 3.51. The van der Waals surface area contributed by atoms with Crippen molar-refractivity contribution >= 4 is 21.1 Å². The fourth-order valence-electron chi connectivity index (χ4n) is 3.94. The number of hydrogen-bond acceptors (Lipinski definition) is 5. The molecule has 9 heteroatoms. The molecule has 3 aromatic heterocycles. The summed E-state index contributed by atoms with van der Waals surface area (Å²) in [6.07, 6.45) is 8.88. The van der Waals surface area contributed by atoms with E-state index in [9.17, 15) is 13.7 Å². The van der Waals surface area contributed by atoms with Crippen molar-refractivity contribution in [2.24, 2.45) is 0 Å². The van der Waals surface area contributed by atoms with Gasteiger partial charge in [0.05, 0.1) is 23.4 Å². The zero-order valence-electron chi connectivity index (χ0n) is 15.5. The van der Waals surface area contributed by atoms with Crippen LogP contribution in [-0.2, 0) is 15.6 Å². The summed E-state index contributed by atoms with van der Waals surface area (Å²) in [7, 11) is -3.32. The lowest BCUT2D eigenvalue weighted by Gasteiger charge is -2.48. The van der Waals surface area contributed by atoms with Gasteiger partial charge in [-0.3, -0.25) is 4.68 Å². The first-order valence-corrected chi connectivity index (χ1v) is 10.7. The highest BCUT2D eigenvalue weighted by molar-refractivity contribution is 7.90. The Morgan fingerprint density at radius 3 is 2.82 bits per heavy atom. The minimum Gasteiger partial charge on any atom is -0.346 e. The van der Waals surface area contributed by atoms with Crippen molar-refractivity contribution in [2.45, 2.75) is 36.5 Å². The molecule has 4 heterocycles. The molecule has 0 radical (unpaired) electrons. The first-order valence-electron chi connectivity index (χ1n) is 9.23. The van der Waals surface area contributed by atoms with Crippen molar-refractivity contribution in [3.63, 3.8) is 0 Å². The molecule has 1 aliphatic carbocycles. The highest BCUT2D eigenvalue weighted by atomic mass is 32.2. The van der Waals surface area contributed by atoms with E-state index >= 15 is 0 Å². The van der Waals surface area contributed by atoms with Crippen LogP contribution in [0.3, 0.4) is 0 Å². The third kappa shape index (κ3) is 2.34.